The van der Waals surface area contributed by atoms with Gasteiger partial charge in [0.1, 0.15) is 11.9 Å². The van der Waals surface area contributed by atoms with Gasteiger partial charge < -0.3 is 15.0 Å². The third-order valence-corrected chi connectivity index (χ3v) is 3.96. The topological polar surface area (TPSA) is 58.6 Å². The highest BCUT2D eigenvalue weighted by Crippen LogP contribution is 2.30. The quantitative estimate of drug-likeness (QED) is 0.921. The van der Waals surface area contributed by atoms with Gasteiger partial charge in [-0.15, -0.1) is 0 Å². The van der Waals surface area contributed by atoms with Crippen molar-refractivity contribution in [2.24, 2.45) is 0 Å². The molecular formula is C16H20N2O3. The number of benzene rings is 1. The van der Waals surface area contributed by atoms with Gasteiger partial charge in [-0.1, -0.05) is 0 Å². The van der Waals surface area contributed by atoms with Gasteiger partial charge in [-0.05, 0) is 37.1 Å². The molecule has 21 heavy (non-hydrogen) atoms. The number of rotatable bonds is 4. The largest absolute Gasteiger partial charge is 0.490 e. The van der Waals surface area contributed by atoms with Crippen LogP contribution in [0.15, 0.2) is 18.2 Å². The van der Waals surface area contributed by atoms with Gasteiger partial charge >= 0.3 is 0 Å². The number of fused-ring (bicyclic) bond motifs is 1. The fraction of sp³-hybridized carbons (Fsp3) is 0.500. The van der Waals surface area contributed by atoms with Crippen molar-refractivity contribution >= 4 is 17.5 Å². The molecule has 5 heteroatoms. The summed E-state index contributed by atoms with van der Waals surface area (Å²) in [4.78, 5) is 25.2. The summed E-state index contributed by atoms with van der Waals surface area (Å²) in [6.07, 6.45) is 2.94. The van der Waals surface area contributed by atoms with Crippen molar-refractivity contribution in [1.29, 1.82) is 0 Å². The van der Waals surface area contributed by atoms with Crippen LogP contribution in [-0.4, -0.2) is 35.9 Å². The Hall–Kier alpha value is -2.04. The molecule has 0 saturated carbocycles. The number of carbonyl (C=O) groups excluding carboxylic acids is 2. The van der Waals surface area contributed by atoms with Gasteiger partial charge in [-0.25, -0.2) is 0 Å². The molecule has 2 heterocycles. The van der Waals surface area contributed by atoms with E-state index in [-0.39, 0.29) is 17.9 Å². The van der Waals surface area contributed by atoms with E-state index in [2.05, 4.69) is 5.32 Å². The lowest BCUT2D eigenvalue weighted by Gasteiger charge is -2.15. The maximum Gasteiger partial charge on any atom is 0.226 e. The van der Waals surface area contributed by atoms with Crippen LogP contribution in [-0.2, 0) is 16.0 Å². The van der Waals surface area contributed by atoms with Crippen molar-refractivity contribution in [3.8, 4) is 5.75 Å². The number of nitrogens with zero attached hydrogens (tertiary/aromatic N) is 1. The van der Waals surface area contributed by atoms with Crippen molar-refractivity contribution in [3.63, 3.8) is 0 Å². The Bertz CT molecular complexity index is 571. The van der Waals surface area contributed by atoms with Crippen LogP contribution in [0, 0.1) is 0 Å². The van der Waals surface area contributed by atoms with Crippen molar-refractivity contribution in [2.75, 3.05) is 18.4 Å². The highest BCUT2D eigenvalue weighted by molar-refractivity contribution is 5.91. The van der Waals surface area contributed by atoms with E-state index in [4.69, 9.17) is 4.74 Å². The van der Waals surface area contributed by atoms with Crippen LogP contribution in [0.2, 0.25) is 0 Å². The first-order valence-electron chi connectivity index (χ1n) is 7.49. The van der Waals surface area contributed by atoms with Crippen LogP contribution < -0.4 is 10.1 Å². The normalized spacial score (nSPS) is 20.3. The Labute approximate surface area is 124 Å². The first-order chi connectivity index (χ1) is 10.1. The van der Waals surface area contributed by atoms with Crippen LogP contribution in [0.25, 0.3) is 0 Å². The number of ether oxygens (including phenoxy) is 1. The van der Waals surface area contributed by atoms with Gasteiger partial charge in [0.15, 0.2) is 0 Å². The Kier molecular flexibility index (Phi) is 3.82. The molecule has 1 atom stereocenters. The summed E-state index contributed by atoms with van der Waals surface area (Å²) in [5.41, 5.74) is 1.93. The molecule has 0 unspecified atom stereocenters. The van der Waals surface area contributed by atoms with Crippen molar-refractivity contribution in [3.05, 3.63) is 23.8 Å². The summed E-state index contributed by atoms with van der Waals surface area (Å²) < 4.78 is 5.64. The second kappa shape index (κ2) is 5.76. The van der Waals surface area contributed by atoms with Crippen LogP contribution >= 0.6 is 0 Å². The highest BCUT2D eigenvalue weighted by Gasteiger charge is 2.21. The molecule has 3 rings (SSSR count). The van der Waals surface area contributed by atoms with Crippen LogP contribution in [0.4, 0.5) is 5.69 Å². The van der Waals surface area contributed by atoms with E-state index in [1.54, 1.807) is 4.90 Å². The molecule has 0 bridgehead atoms. The van der Waals surface area contributed by atoms with Crippen LogP contribution in [0.5, 0.6) is 5.75 Å². The van der Waals surface area contributed by atoms with Crippen molar-refractivity contribution in [2.45, 2.75) is 38.7 Å². The zero-order valence-electron chi connectivity index (χ0n) is 12.2. The van der Waals surface area contributed by atoms with Crippen LogP contribution in [0.3, 0.4) is 0 Å². The first kappa shape index (κ1) is 13.9. The molecule has 0 radical (unpaired) electrons. The molecule has 1 aromatic rings. The standard InChI is InChI=1S/C16H20N2O3/c1-11-9-12-10-13(4-5-14(12)21-11)17-15(19)6-8-18-7-2-3-16(18)20/h4-5,10-11H,2-3,6-9H2,1H3,(H,17,19)/t11-/m0/s1. The number of likely N-dealkylation sites (tertiary alicyclic amines) is 1. The third-order valence-electron chi connectivity index (χ3n) is 3.96. The minimum atomic E-state index is -0.0541. The molecule has 2 aliphatic heterocycles. The minimum Gasteiger partial charge on any atom is -0.490 e. The maximum atomic E-state index is 12.0. The number of hydrogen-bond acceptors (Lipinski definition) is 3. The molecule has 0 aliphatic carbocycles. The Morgan fingerprint density at radius 2 is 2.33 bits per heavy atom. The summed E-state index contributed by atoms with van der Waals surface area (Å²) >= 11 is 0. The Balaban J connectivity index is 1.53. The summed E-state index contributed by atoms with van der Waals surface area (Å²) in [5, 5.41) is 2.89. The molecule has 2 amide bonds. The Morgan fingerprint density at radius 3 is 3.10 bits per heavy atom. The lowest BCUT2D eigenvalue weighted by molar-refractivity contribution is -0.128. The third kappa shape index (κ3) is 3.17. The van der Waals surface area contributed by atoms with Gasteiger partial charge in [-0.3, -0.25) is 9.59 Å². The lowest BCUT2D eigenvalue weighted by atomic mass is 10.1. The van der Waals surface area contributed by atoms with E-state index in [1.165, 1.54) is 0 Å². The fourth-order valence-corrected chi connectivity index (χ4v) is 2.90. The number of carbonyl (C=O) groups is 2. The number of amides is 2. The highest BCUT2D eigenvalue weighted by atomic mass is 16.5. The summed E-state index contributed by atoms with van der Waals surface area (Å²) in [6.45, 7) is 3.32. The first-order valence-corrected chi connectivity index (χ1v) is 7.49. The number of anilines is 1. The van der Waals surface area contributed by atoms with Gasteiger partial charge in [-0.2, -0.15) is 0 Å². The summed E-state index contributed by atoms with van der Waals surface area (Å²) in [7, 11) is 0. The maximum absolute atomic E-state index is 12.0. The molecule has 1 N–H and O–H groups in total. The summed E-state index contributed by atoms with van der Waals surface area (Å²) in [5.74, 6) is 1.01. The molecule has 5 nitrogen and oxygen atoms in total. The Morgan fingerprint density at radius 1 is 1.48 bits per heavy atom. The van der Waals surface area contributed by atoms with E-state index in [0.717, 1.165) is 36.4 Å². The average molecular weight is 288 g/mol. The molecule has 1 fully saturated rings. The van der Waals surface area contributed by atoms with E-state index < -0.39 is 0 Å². The van der Waals surface area contributed by atoms with Gasteiger partial charge in [0, 0.05) is 38.0 Å². The molecule has 0 aromatic heterocycles. The second-order valence-corrected chi connectivity index (χ2v) is 5.74. The van der Waals surface area contributed by atoms with E-state index in [9.17, 15) is 9.59 Å². The van der Waals surface area contributed by atoms with Crippen molar-refractivity contribution < 1.29 is 14.3 Å². The van der Waals surface area contributed by atoms with E-state index >= 15 is 0 Å². The number of nitrogens with one attached hydrogen (secondary N) is 1. The van der Waals surface area contributed by atoms with Crippen molar-refractivity contribution in [1.82, 2.24) is 4.90 Å². The molecule has 1 saturated heterocycles. The van der Waals surface area contributed by atoms with E-state index in [1.807, 2.05) is 25.1 Å². The second-order valence-electron chi connectivity index (χ2n) is 5.74. The predicted molar refractivity (Wildman–Crippen MR) is 79.3 cm³/mol. The van der Waals surface area contributed by atoms with Gasteiger partial charge in [0.25, 0.3) is 0 Å². The van der Waals surface area contributed by atoms with E-state index in [0.29, 0.717) is 19.4 Å². The molecular weight excluding hydrogens is 268 g/mol. The zero-order chi connectivity index (χ0) is 14.8. The molecule has 0 spiro atoms. The molecule has 1 aromatic carbocycles. The zero-order valence-corrected chi connectivity index (χ0v) is 12.2. The smallest absolute Gasteiger partial charge is 0.226 e. The predicted octanol–water partition coefficient (Wildman–Crippen LogP) is 1.96. The minimum absolute atomic E-state index is 0.0541. The lowest BCUT2D eigenvalue weighted by Crippen LogP contribution is -2.28. The molecule has 2 aliphatic rings. The summed E-state index contributed by atoms with van der Waals surface area (Å²) in [6, 6.07) is 5.73. The fourth-order valence-electron chi connectivity index (χ4n) is 2.90. The van der Waals surface area contributed by atoms with Crippen LogP contribution in [0.1, 0.15) is 31.7 Å². The monoisotopic (exact) mass is 288 g/mol. The SMILES string of the molecule is C[C@H]1Cc2cc(NC(=O)CCN3CCCC3=O)ccc2O1. The number of hydrogen-bond donors (Lipinski definition) is 1. The molecule has 112 valence electrons. The average Bonchev–Trinajstić information content (AvgIpc) is 3.00. The van der Waals surface area contributed by atoms with Gasteiger partial charge in [0.05, 0.1) is 0 Å². The van der Waals surface area contributed by atoms with Gasteiger partial charge in [0.2, 0.25) is 11.8 Å².